The molecule has 0 aliphatic heterocycles. The molecule has 0 spiro atoms. The summed E-state index contributed by atoms with van der Waals surface area (Å²) in [4.78, 5) is 28.3. The maximum Gasteiger partial charge on any atom is 0.264 e. The number of hydrogen-bond acceptors (Lipinski definition) is 5. The van der Waals surface area contributed by atoms with Gasteiger partial charge in [0.05, 0.1) is 17.7 Å². The van der Waals surface area contributed by atoms with Crippen molar-refractivity contribution in [1.29, 1.82) is 0 Å². The number of methoxy groups -OCH3 is 1. The molecule has 3 aromatic rings. The van der Waals surface area contributed by atoms with E-state index >= 15 is 0 Å². The molecular weight excluding hydrogens is 521 g/mol. The van der Waals surface area contributed by atoms with Crippen molar-refractivity contribution in [2.24, 2.45) is 0 Å². The first-order valence-corrected chi connectivity index (χ1v) is 14.1. The van der Waals surface area contributed by atoms with Crippen molar-refractivity contribution in [2.75, 3.05) is 18.0 Å². The van der Waals surface area contributed by atoms with Crippen molar-refractivity contribution in [3.05, 3.63) is 90.2 Å². The number of sulfonamides is 1. The van der Waals surface area contributed by atoms with Crippen molar-refractivity contribution in [3.8, 4) is 5.75 Å². The summed E-state index contributed by atoms with van der Waals surface area (Å²) in [5, 5.41) is 2.84. The van der Waals surface area contributed by atoms with Crippen LogP contribution in [0.1, 0.15) is 32.8 Å². The molecule has 0 heterocycles. The number of carbonyl (C=O) groups is 2. The fourth-order valence-corrected chi connectivity index (χ4v) is 5.60. The summed E-state index contributed by atoms with van der Waals surface area (Å²) in [7, 11) is -2.81. The summed E-state index contributed by atoms with van der Waals surface area (Å²) < 4.78 is 48.4. The number of hydrogen-bond donors (Lipinski definition) is 1. The second-order valence-corrected chi connectivity index (χ2v) is 11.1. The predicted molar refractivity (Wildman–Crippen MR) is 148 cm³/mol. The molecule has 0 aliphatic rings. The zero-order valence-corrected chi connectivity index (χ0v) is 23.3. The van der Waals surface area contributed by atoms with Gasteiger partial charge >= 0.3 is 0 Å². The number of rotatable bonds is 12. The van der Waals surface area contributed by atoms with Crippen molar-refractivity contribution in [1.82, 2.24) is 10.2 Å². The van der Waals surface area contributed by atoms with Gasteiger partial charge in [0.2, 0.25) is 11.8 Å². The van der Waals surface area contributed by atoms with E-state index in [9.17, 15) is 22.4 Å². The Morgan fingerprint density at radius 3 is 2.26 bits per heavy atom. The van der Waals surface area contributed by atoms with Crippen LogP contribution in [0.25, 0.3) is 0 Å². The smallest absolute Gasteiger partial charge is 0.264 e. The van der Waals surface area contributed by atoms with E-state index in [1.165, 1.54) is 42.3 Å². The molecule has 0 unspecified atom stereocenters. The minimum Gasteiger partial charge on any atom is -0.497 e. The van der Waals surface area contributed by atoms with Gasteiger partial charge in [-0.15, -0.1) is 0 Å². The number of ether oxygens (including phenoxy) is 1. The molecule has 0 aromatic heterocycles. The summed E-state index contributed by atoms with van der Waals surface area (Å²) in [6, 6.07) is 18.9. The Morgan fingerprint density at radius 2 is 1.64 bits per heavy atom. The Kier molecular flexibility index (Phi) is 10.1. The fourth-order valence-electron chi connectivity index (χ4n) is 4.15. The summed E-state index contributed by atoms with van der Waals surface area (Å²) in [5.41, 5.74) is 0.414. The maximum absolute atomic E-state index is 15.0. The molecule has 10 heteroatoms. The molecule has 1 N–H and O–H groups in total. The third-order valence-electron chi connectivity index (χ3n) is 6.04. The van der Waals surface area contributed by atoms with Crippen molar-refractivity contribution in [3.63, 3.8) is 0 Å². The number of anilines is 1. The van der Waals surface area contributed by atoms with Crippen molar-refractivity contribution < 1.29 is 27.1 Å². The summed E-state index contributed by atoms with van der Waals surface area (Å²) in [6.07, 6.45) is 0.277. The van der Waals surface area contributed by atoms with Crippen molar-refractivity contribution >= 4 is 27.5 Å². The minimum absolute atomic E-state index is 0.0105. The van der Waals surface area contributed by atoms with Crippen LogP contribution in [-0.2, 0) is 26.2 Å². The first kappa shape index (κ1) is 29.6. The third-order valence-corrected chi connectivity index (χ3v) is 7.81. The highest BCUT2D eigenvalue weighted by atomic mass is 32.2. The van der Waals surface area contributed by atoms with E-state index in [4.69, 9.17) is 4.74 Å². The van der Waals surface area contributed by atoms with Crippen LogP contribution >= 0.6 is 0 Å². The number of para-hydroxylation sites is 1. The lowest BCUT2D eigenvalue weighted by Crippen LogP contribution is -2.53. The molecule has 0 fully saturated rings. The Hall–Kier alpha value is -3.92. The van der Waals surface area contributed by atoms with Crippen molar-refractivity contribution in [2.45, 2.75) is 50.7 Å². The second-order valence-electron chi connectivity index (χ2n) is 9.24. The average molecular weight is 556 g/mol. The topological polar surface area (TPSA) is 96.0 Å². The first-order valence-electron chi connectivity index (χ1n) is 12.6. The second kappa shape index (κ2) is 13.2. The molecule has 1 atom stereocenters. The van der Waals surface area contributed by atoms with E-state index in [-0.39, 0.29) is 35.5 Å². The molecule has 3 aromatic carbocycles. The molecule has 3 rings (SSSR count). The summed E-state index contributed by atoms with van der Waals surface area (Å²) in [5.74, 6) is -1.26. The summed E-state index contributed by atoms with van der Waals surface area (Å²) in [6.45, 7) is 4.69. The normalized spacial score (nSPS) is 12.1. The number of benzene rings is 3. The van der Waals surface area contributed by atoms with Gasteiger partial charge in [-0.2, -0.15) is 0 Å². The standard InChI is InChI=1S/C29H34FN3O5S/c1-5-26(29(35)31-21(2)3)32(19-22-12-11-13-23(18-22)38-4)28(34)20-33(27-17-10-9-16-25(27)30)39(36,37)24-14-7-6-8-15-24/h6-18,21,26H,5,19-20H2,1-4H3,(H,31,35)/t26-/m1/s1. The quantitative estimate of drug-likeness (QED) is 0.358. The lowest BCUT2D eigenvalue weighted by Gasteiger charge is -2.33. The molecule has 0 aliphatic carbocycles. The zero-order chi connectivity index (χ0) is 28.6. The van der Waals surface area contributed by atoms with Crippen LogP contribution in [0.15, 0.2) is 83.8 Å². The van der Waals surface area contributed by atoms with Crippen LogP contribution in [0, 0.1) is 5.82 Å². The molecule has 39 heavy (non-hydrogen) atoms. The van der Waals surface area contributed by atoms with E-state index < -0.39 is 34.3 Å². The molecule has 2 amide bonds. The highest BCUT2D eigenvalue weighted by Crippen LogP contribution is 2.27. The highest BCUT2D eigenvalue weighted by Gasteiger charge is 2.34. The van der Waals surface area contributed by atoms with E-state index in [1.807, 2.05) is 13.8 Å². The number of nitrogens with zero attached hydrogens (tertiary/aromatic N) is 2. The van der Waals surface area contributed by atoms with E-state index in [1.54, 1.807) is 49.4 Å². The van der Waals surface area contributed by atoms with Gasteiger partial charge in [-0.1, -0.05) is 49.4 Å². The Balaban J connectivity index is 2.07. The van der Waals surface area contributed by atoms with Gasteiger partial charge in [0, 0.05) is 12.6 Å². The van der Waals surface area contributed by atoms with Gasteiger partial charge in [0.25, 0.3) is 10.0 Å². The van der Waals surface area contributed by atoms with Gasteiger partial charge in [0.1, 0.15) is 24.2 Å². The van der Waals surface area contributed by atoms with Gasteiger partial charge in [-0.3, -0.25) is 13.9 Å². The van der Waals surface area contributed by atoms with E-state index in [2.05, 4.69) is 5.32 Å². The SMILES string of the molecule is CC[C@H](C(=O)NC(C)C)N(Cc1cccc(OC)c1)C(=O)CN(c1ccccc1F)S(=O)(=O)c1ccccc1. The predicted octanol–water partition coefficient (Wildman–Crippen LogP) is 4.36. The van der Waals surface area contributed by atoms with Crippen LogP contribution in [0.2, 0.25) is 0 Å². The van der Waals surface area contributed by atoms with Crippen LogP contribution in [0.5, 0.6) is 5.75 Å². The molecule has 0 saturated carbocycles. The molecule has 8 nitrogen and oxygen atoms in total. The van der Waals surface area contributed by atoms with Gasteiger partial charge in [-0.25, -0.2) is 12.8 Å². The van der Waals surface area contributed by atoms with E-state index in [0.717, 1.165) is 10.4 Å². The van der Waals surface area contributed by atoms with E-state index in [0.29, 0.717) is 11.3 Å². The van der Waals surface area contributed by atoms with Crippen LogP contribution in [0.4, 0.5) is 10.1 Å². The monoisotopic (exact) mass is 555 g/mol. The minimum atomic E-state index is -4.34. The van der Waals surface area contributed by atoms with Crippen LogP contribution in [-0.4, -0.2) is 50.9 Å². The third kappa shape index (κ3) is 7.35. The fraction of sp³-hybridized carbons (Fsp3) is 0.310. The molecule has 208 valence electrons. The Labute approximate surface area is 229 Å². The lowest BCUT2D eigenvalue weighted by molar-refractivity contribution is -0.140. The Bertz CT molecular complexity index is 1380. The highest BCUT2D eigenvalue weighted by molar-refractivity contribution is 7.92. The molecule has 0 bridgehead atoms. The molecule has 0 radical (unpaired) electrons. The molecule has 0 saturated heterocycles. The Morgan fingerprint density at radius 1 is 0.974 bits per heavy atom. The van der Waals surface area contributed by atoms with Gasteiger partial charge in [-0.05, 0) is 62.2 Å². The number of nitrogens with one attached hydrogen (secondary N) is 1. The lowest BCUT2D eigenvalue weighted by atomic mass is 10.1. The zero-order valence-electron chi connectivity index (χ0n) is 22.5. The van der Waals surface area contributed by atoms with Gasteiger partial charge in [0.15, 0.2) is 0 Å². The summed E-state index contributed by atoms with van der Waals surface area (Å²) >= 11 is 0. The number of carbonyl (C=O) groups excluding carboxylic acids is 2. The van der Waals surface area contributed by atoms with Gasteiger partial charge < -0.3 is 15.0 Å². The maximum atomic E-state index is 15.0. The number of halogens is 1. The molecular formula is C29H34FN3O5S. The van der Waals surface area contributed by atoms with Crippen LogP contribution < -0.4 is 14.4 Å². The number of amides is 2. The first-order chi connectivity index (χ1) is 18.6. The largest absolute Gasteiger partial charge is 0.497 e. The van der Waals surface area contributed by atoms with Crippen LogP contribution in [0.3, 0.4) is 0 Å². The average Bonchev–Trinajstić information content (AvgIpc) is 2.92.